The molecule has 0 spiro atoms. The third-order valence-corrected chi connectivity index (χ3v) is 10.3. The molecule has 6 rings (SSSR count). The molecule has 2 saturated heterocycles. The number of ether oxygens (including phenoxy) is 1. The quantitative estimate of drug-likeness (QED) is 0.167. The average molecular weight is 751 g/mol. The lowest BCUT2D eigenvalue weighted by Crippen LogP contribution is -2.49. The summed E-state index contributed by atoms with van der Waals surface area (Å²) in [6.07, 6.45) is 2.12. The maximum absolute atomic E-state index is 13.5. The van der Waals surface area contributed by atoms with Gasteiger partial charge in [0.1, 0.15) is 17.3 Å². The maximum Gasteiger partial charge on any atom is 0.573 e. The molecular weight excluding hydrogens is 705 g/mol. The number of carbonyl (C=O) groups excluding carboxylic acids is 3. The Morgan fingerprint density at radius 1 is 1.06 bits per heavy atom. The standard InChI is InChI=1S/C38H45F3N8O5/c1-3-4-32(36(52)42-24-50)44-28-7-9-29(10-8-28)48-13-11-25(12-14-48)19-34(51)49-17-15-47(16-18-49)22-27-6-5-26(20-33(27)54-38(39,40)41)31-23-46(2)37(53)35-30(31)21-43-45-35/h5-10,20-21,23-25,32,44H,3-4,11-19,22H2,1-2H3,(H,43,45)(H,42,50,52). The summed E-state index contributed by atoms with van der Waals surface area (Å²) in [6, 6.07) is 12.0. The lowest BCUT2D eigenvalue weighted by atomic mass is 9.92. The SMILES string of the molecule is CCCC(Nc1ccc(N2CCC(CC(=O)N3CCN(Cc4ccc(-c5cn(C)c(=O)c6[nH]ncc56)cc4OC(F)(F)F)CC3)CC2)cc1)C(=O)NC=O. The van der Waals surface area contributed by atoms with Crippen molar-refractivity contribution in [1.82, 2.24) is 29.9 Å². The molecule has 2 aliphatic heterocycles. The molecule has 3 amide bonds. The number of benzene rings is 2. The van der Waals surface area contributed by atoms with E-state index < -0.39 is 12.4 Å². The van der Waals surface area contributed by atoms with Crippen molar-refractivity contribution in [3.05, 3.63) is 70.8 Å². The van der Waals surface area contributed by atoms with E-state index in [1.165, 1.54) is 16.8 Å². The average Bonchev–Trinajstić information content (AvgIpc) is 3.65. The molecule has 4 aromatic rings. The number of aromatic nitrogens is 3. The Hall–Kier alpha value is -5.38. The summed E-state index contributed by atoms with van der Waals surface area (Å²) in [7, 11) is 1.57. The highest BCUT2D eigenvalue weighted by atomic mass is 19.4. The number of fused-ring (bicyclic) bond motifs is 1. The highest BCUT2D eigenvalue weighted by Crippen LogP contribution is 2.35. The molecule has 1 atom stereocenters. The van der Waals surface area contributed by atoms with Gasteiger partial charge in [0.2, 0.25) is 18.2 Å². The van der Waals surface area contributed by atoms with Crippen molar-refractivity contribution in [2.45, 2.75) is 58.0 Å². The van der Waals surface area contributed by atoms with E-state index in [0.29, 0.717) is 67.5 Å². The molecule has 2 aliphatic rings. The van der Waals surface area contributed by atoms with Gasteiger partial charge in [-0.25, -0.2) is 0 Å². The third-order valence-electron chi connectivity index (χ3n) is 10.3. The molecule has 54 heavy (non-hydrogen) atoms. The third kappa shape index (κ3) is 9.21. The van der Waals surface area contributed by atoms with E-state index >= 15 is 0 Å². The number of piperidine rings is 1. The van der Waals surface area contributed by atoms with Gasteiger partial charge in [-0.3, -0.25) is 34.5 Å². The lowest BCUT2D eigenvalue weighted by molar-refractivity contribution is -0.275. The van der Waals surface area contributed by atoms with Crippen LogP contribution in [0.1, 0.15) is 44.6 Å². The predicted octanol–water partition coefficient (Wildman–Crippen LogP) is 4.63. The normalized spacial score (nSPS) is 16.3. The van der Waals surface area contributed by atoms with Crippen molar-refractivity contribution in [3.63, 3.8) is 0 Å². The number of carbonyl (C=O) groups is 3. The van der Waals surface area contributed by atoms with Gasteiger partial charge in [0.05, 0.1) is 6.20 Å². The summed E-state index contributed by atoms with van der Waals surface area (Å²) >= 11 is 0. The molecule has 288 valence electrons. The molecule has 0 radical (unpaired) electrons. The predicted molar refractivity (Wildman–Crippen MR) is 198 cm³/mol. The van der Waals surface area contributed by atoms with Crippen molar-refractivity contribution >= 4 is 40.5 Å². The topological polar surface area (TPSA) is 145 Å². The smallest absolute Gasteiger partial charge is 0.405 e. The van der Waals surface area contributed by atoms with Crippen LogP contribution in [0.4, 0.5) is 24.5 Å². The van der Waals surface area contributed by atoms with Crippen LogP contribution in [0.5, 0.6) is 5.75 Å². The van der Waals surface area contributed by atoms with Crippen LogP contribution in [-0.2, 0) is 28.0 Å². The number of alkyl halides is 3. The summed E-state index contributed by atoms with van der Waals surface area (Å²) in [6.45, 7) is 5.81. The number of piperazine rings is 1. The van der Waals surface area contributed by atoms with E-state index in [-0.39, 0.29) is 41.1 Å². The van der Waals surface area contributed by atoms with Crippen LogP contribution in [0.15, 0.2) is 59.7 Å². The Morgan fingerprint density at radius 3 is 2.44 bits per heavy atom. The van der Waals surface area contributed by atoms with E-state index in [0.717, 1.165) is 43.7 Å². The fraction of sp³-hybridized carbons (Fsp3) is 0.447. The molecule has 2 aromatic heterocycles. The fourth-order valence-electron chi connectivity index (χ4n) is 7.31. The summed E-state index contributed by atoms with van der Waals surface area (Å²) < 4.78 is 46.5. The highest BCUT2D eigenvalue weighted by molar-refractivity contribution is 5.94. The first-order valence-electron chi connectivity index (χ1n) is 18.2. The van der Waals surface area contributed by atoms with Crippen LogP contribution in [-0.4, -0.2) is 94.5 Å². The summed E-state index contributed by atoms with van der Waals surface area (Å²) in [5.41, 5.74) is 3.18. The zero-order valence-electron chi connectivity index (χ0n) is 30.3. The Balaban J connectivity index is 0.998. The molecule has 4 heterocycles. The minimum atomic E-state index is -4.90. The number of rotatable bonds is 13. The second-order valence-corrected chi connectivity index (χ2v) is 13.9. The number of halogens is 3. The number of pyridine rings is 1. The number of amides is 3. The second-order valence-electron chi connectivity index (χ2n) is 13.9. The number of nitrogens with one attached hydrogen (secondary N) is 3. The van der Waals surface area contributed by atoms with Gasteiger partial charge >= 0.3 is 6.36 Å². The summed E-state index contributed by atoms with van der Waals surface area (Å²) in [5.74, 6) is -0.322. The van der Waals surface area contributed by atoms with E-state index in [1.54, 1.807) is 25.4 Å². The van der Waals surface area contributed by atoms with Crippen molar-refractivity contribution in [2.75, 3.05) is 49.5 Å². The first-order valence-corrected chi connectivity index (χ1v) is 18.2. The number of hydrogen-bond acceptors (Lipinski definition) is 9. The zero-order chi connectivity index (χ0) is 38.4. The number of nitrogens with zero attached hydrogens (tertiary/aromatic N) is 5. The minimum absolute atomic E-state index is 0.0945. The first kappa shape index (κ1) is 38.3. The van der Waals surface area contributed by atoms with Gasteiger partial charge in [0, 0.05) is 93.4 Å². The van der Waals surface area contributed by atoms with E-state index in [9.17, 15) is 32.3 Å². The molecule has 2 fully saturated rings. The van der Waals surface area contributed by atoms with Gasteiger partial charge < -0.3 is 24.4 Å². The number of H-pyrrole nitrogens is 1. The number of aryl methyl sites for hydroxylation is 1. The van der Waals surface area contributed by atoms with Crippen molar-refractivity contribution in [3.8, 4) is 16.9 Å². The largest absolute Gasteiger partial charge is 0.573 e. The van der Waals surface area contributed by atoms with Gasteiger partial charge in [0.25, 0.3) is 5.56 Å². The minimum Gasteiger partial charge on any atom is -0.405 e. The number of imide groups is 1. The Labute approximate surface area is 310 Å². The Kier molecular flexibility index (Phi) is 11.9. The second kappa shape index (κ2) is 16.7. The fourth-order valence-corrected chi connectivity index (χ4v) is 7.31. The van der Waals surface area contributed by atoms with Crippen molar-refractivity contribution in [1.29, 1.82) is 0 Å². The van der Waals surface area contributed by atoms with E-state index in [1.807, 2.05) is 41.0 Å². The van der Waals surface area contributed by atoms with Crippen LogP contribution < -0.4 is 25.8 Å². The van der Waals surface area contributed by atoms with Crippen LogP contribution >= 0.6 is 0 Å². The number of aromatic amines is 1. The van der Waals surface area contributed by atoms with Crippen molar-refractivity contribution < 1.29 is 32.3 Å². The maximum atomic E-state index is 13.5. The van der Waals surface area contributed by atoms with E-state index in [4.69, 9.17) is 0 Å². The van der Waals surface area contributed by atoms with Crippen LogP contribution in [0.3, 0.4) is 0 Å². The van der Waals surface area contributed by atoms with Gasteiger partial charge in [-0.15, -0.1) is 13.2 Å². The lowest BCUT2D eigenvalue weighted by Gasteiger charge is -2.37. The Morgan fingerprint density at radius 2 is 1.78 bits per heavy atom. The number of anilines is 2. The Bertz CT molecular complexity index is 2000. The highest BCUT2D eigenvalue weighted by Gasteiger charge is 2.33. The molecule has 1 unspecified atom stereocenters. The zero-order valence-corrected chi connectivity index (χ0v) is 30.3. The summed E-state index contributed by atoms with van der Waals surface area (Å²) in [5, 5.41) is 12.5. The van der Waals surface area contributed by atoms with E-state index in [2.05, 4.69) is 30.5 Å². The molecule has 0 bridgehead atoms. The monoisotopic (exact) mass is 750 g/mol. The summed E-state index contributed by atoms with van der Waals surface area (Å²) in [4.78, 5) is 54.8. The van der Waals surface area contributed by atoms with Crippen molar-refractivity contribution in [2.24, 2.45) is 13.0 Å². The molecule has 3 N–H and O–H groups in total. The molecule has 0 saturated carbocycles. The van der Waals surface area contributed by atoms with Gasteiger partial charge in [-0.05, 0) is 61.1 Å². The first-order chi connectivity index (χ1) is 25.9. The molecule has 16 heteroatoms. The van der Waals surface area contributed by atoms with Gasteiger partial charge in [0.15, 0.2) is 0 Å². The molecule has 2 aromatic carbocycles. The molecular formula is C38H45F3N8O5. The molecule has 13 nitrogen and oxygen atoms in total. The molecule has 0 aliphatic carbocycles. The number of hydrogen-bond donors (Lipinski definition) is 3. The van der Waals surface area contributed by atoms with Gasteiger partial charge in [-0.1, -0.05) is 25.5 Å². The van der Waals surface area contributed by atoms with Crippen LogP contribution in [0, 0.1) is 5.92 Å². The van der Waals surface area contributed by atoms with Crippen LogP contribution in [0.25, 0.3) is 22.0 Å². The van der Waals surface area contributed by atoms with Crippen LogP contribution in [0.2, 0.25) is 0 Å². The van der Waals surface area contributed by atoms with Gasteiger partial charge in [-0.2, -0.15) is 5.10 Å².